The predicted octanol–water partition coefficient (Wildman–Crippen LogP) is 1.77. The van der Waals surface area contributed by atoms with Crippen LogP contribution in [0.15, 0.2) is 58.3 Å². The Hall–Kier alpha value is -4.74. The van der Waals surface area contributed by atoms with Gasteiger partial charge in [0.2, 0.25) is 11.6 Å². The number of hydrogen-bond donors (Lipinski definition) is 3. The second-order valence-corrected chi connectivity index (χ2v) is 6.56. The number of phenolic OH excluding ortho intramolecular Hbond substituents is 1. The number of phenols is 1. The van der Waals surface area contributed by atoms with E-state index >= 15 is 0 Å². The van der Waals surface area contributed by atoms with Crippen molar-refractivity contribution in [2.45, 2.75) is 6.92 Å². The van der Waals surface area contributed by atoms with Crippen molar-refractivity contribution in [2.75, 3.05) is 12.8 Å². The monoisotopic (exact) mass is 434 g/mol. The molecule has 0 radical (unpaired) electrons. The van der Waals surface area contributed by atoms with Gasteiger partial charge >= 0.3 is 0 Å². The first kappa shape index (κ1) is 20.5. The van der Waals surface area contributed by atoms with Gasteiger partial charge in [0.05, 0.1) is 12.8 Å². The molecule has 162 valence electrons. The zero-order valence-electron chi connectivity index (χ0n) is 17.1. The minimum Gasteiger partial charge on any atom is -0.504 e. The Kier molecular flexibility index (Phi) is 5.49. The number of nitrogens with two attached hydrogens (primary N) is 1. The molecule has 0 bridgehead atoms. The molecule has 2 heterocycles. The van der Waals surface area contributed by atoms with Gasteiger partial charge in [-0.15, -0.1) is 5.10 Å². The summed E-state index contributed by atoms with van der Waals surface area (Å²) in [7, 11) is 1.44. The summed E-state index contributed by atoms with van der Waals surface area (Å²) < 4.78 is 11.0. The number of carbonyl (C=O) groups is 1. The van der Waals surface area contributed by atoms with Gasteiger partial charge in [-0.3, -0.25) is 4.79 Å². The lowest BCUT2D eigenvalue weighted by Crippen LogP contribution is -2.21. The van der Waals surface area contributed by atoms with Crippen LogP contribution in [-0.2, 0) is 0 Å². The minimum atomic E-state index is -0.602. The van der Waals surface area contributed by atoms with Crippen LogP contribution in [0.3, 0.4) is 0 Å². The van der Waals surface area contributed by atoms with Crippen LogP contribution in [0.4, 0.5) is 5.82 Å². The van der Waals surface area contributed by atoms with Crippen molar-refractivity contribution in [3.8, 4) is 28.6 Å². The highest BCUT2D eigenvalue weighted by atomic mass is 16.6. The van der Waals surface area contributed by atoms with Gasteiger partial charge in [-0.05, 0) is 35.4 Å². The number of methoxy groups -OCH3 is 1. The number of rotatable bonds is 6. The van der Waals surface area contributed by atoms with Crippen molar-refractivity contribution in [3.05, 3.63) is 59.8 Å². The number of carbonyl (C=O) groups excluding carboxylic acids is 1. The van der Waals surface area contributed by atoms with E-state index in [4.69, 9.17) is 10.5 Å². The van der Waals surface area contributed by atoms with Crippen LogP contribution >= 0.6 is 0 Å². The maximum absolute atomic E-state index is 12.9. The predicted molar refractivity (Wildman–Crippen MR) is 113 cm³/mol. The van der Waals surface area contributed by atoms with Crippen molar-refractivity contribution in [1.82, 2.24) is 30.7 Å². The Morgan fingerprint density at radius 1 is 1.22 bits per heavy atom. The van der Waals surface area contributed by atoms with Gasteiger partial charge in [-0.1, -0.05) is 35.5 Å². The SMILES string of the molecule is COc1cc(C(C)=NNC(=O)c2nnn(-c3nonc3N)c2-c2ccccc2)ccc1O. The molecule has 0 aliphatic carbocycles. The fourth-order valence-electron chi connectivity index (χ4n) is 2.93. The fourth-order valence-corrected chi connectivity index (χ4v) is 2.93. The summed E-state index contributed by atoms with van der Waals surface area (Å²) in [6.07, 6.45) is 0. The molecule has 4 aromatic rings. The van der Waals surface area contributed by atoms with Crippen LogP contribution in [0.1, 0.15) is 23.0 Å². The fraction of sp³-hybridized carbons (Fsp3) is 0.100. The number of nitrogen functional groups attached to an aromatic ring is 1. The molecule has 2 aromatic heterocycles. The summed E-state index contributed by atoms with van der Waals surface area (Å²) >= 11 is 0. The van der Waals surface area contributed by atoms with E-state index in [1.165, 1.54) is 17.9 Å². The number of nitrogens with zero attached hydrogens (tertiary/aromatic N) is 6. The molecular weight excluding hydrogens is 416 g/mol. The number of hydrazone groups is 1. The van der Waals surface area contributed by atoms with Crippen molar-refractivity contribution in [1.29, 1.82) is 0 Å². The van der Waals surface area contributed by atoms with Crippen LogP contribution in [-0.4, -0.2) is 49.1 Å². The second kappa shape index (κ2) is 8.55. The Labute approximate surface area is 181 Å². The molecule has 32 heavy (non-hydrogen) atoms. The standard InChI is InChI=1S/C20H18N8O4/c1-11(13-8-9-14(29)15(10-13)31-2)22-24-20(30)16-17(12-6-4-3-5-7-12)28(27-23-16)19-18(21)25-32-26-19/h3-10,29H,1-2H3,(H2,21,25)(H,24,30). The molecule has 12 nitrogen and oxygen atoms in total. The summed E-state index contributed by atoms with van der Waals surface area (Å²) in [5, 5.41) is 29.2. The molecule has 1 amide bonds. The van der Waals surface area contributed by atoms with E-state index in [9.17, 15) is 9.90 Å². The quantitative estimate of drug-likeness (QED) is 0.303. The average molecular weight is 434 g/mol. The van der Waals surface area contributed by atoms with Crippen LogP contribution < -0.4 is 15.9 Å². The molecule has 0 saturated heterocycles. The van der Waals surface area contributed by atoms with Gasteiger partial charge in [0.25, 0.3) is 5.91 Å². The first-order valence-corrected chi connectivity index (χ1v) is 9.31. The molecule has 0 atom stereocenters. The molecular formula is C20H18N8O4. The molecule has 0 aliphatic rings. The van der Waals surface area contributed by atoms with E-state index in [0.29, 0.717) is 22.5 Å². The van der Waals surface area contributed by atoms with Crippen molar-refractivity contribution >= 4 is 17.4 Å². The Balaban J connectivity index is 1.68. The zero-order valence-corrected chi connectivity index (χ0v) is 17.1. The van der Waals surface area contributed by atoms with Gasteiger partial charge in [-0.25, -0.2) is 10.1 Å². The van der Waals surface area contributed by atoms with E-state index in [1.807, 2.05) is 6.07 Å². The highest BCUT2D eigenvalue weighted by molar-refractivity contribution is 6.02. The lowest BCUT2D eigenvalue weighted by molar-refractivity contribution is 0.0950. The van der Waals surface area contributed by atoms with E-state index in [2.05, 4.69) is 35.8 Å². The van der Waals surface area contributed by atoms with Crippen LogP contribution in [0.25, 0.3) is 17.1 Å². The summed E-state index contributed by atoms with van der Waals surface area (Å²) in [5.41, 5.74) is 10.4. The van der Waals surface area contributed by atoms with E-state index < -0.39 is 5.91 Å². The smallest absolute Gasteiger partial charge is 0.294 e. The van der Waals surface area contributed by atoms with Gasteiger partial charge in [0.15, 0.2) is 17.2 Å². The molecule has 12 heteroatoms. The Morgan fingerprint density at radius 3 is 2.69 bits per heavy atom. The lowest BCUT2D eigenvalue weighted by Gasteiger charge is -2.07. The van der Waals surface area contributed by atoms with Crippen molar-refractivity contribution in [2.24, 2.45) is 5.10 Å². The molecule has 2 aromatic carbocycles. The first-order valence-electron chi connectivity index (χ1n) is 9.31. The molecule has 0 fully saturated rings. The Bertz CT molecular complexity index is 1300. The van der Waals surface area contributed by atoms with E-state index in [-0.39, 0.29) is 28.8 Å². The number of aromatic nitrogens is 5. The van der Waals surface area contributed by atoms with Gasteiger partial charge < -0.3 is 15.6 Å². The topological polar surface area (TPSA) is 167 Å². The van der Waals surface area contributed by atoms with Crippen molar-refractivity contribution < 1.29 is 19.3 Å². The maximum Gasteiger partial charge on any atom is 0.294 e. The summed E-state index contributed by atoms with van der Waals surface area (Å²) in [4.78, 5) is 12.9. The number of amides is 1. The number of nitrogens with one attached hydrogen (secondary N) is 1. The third-order valence-electron chi connectivity index (χ3n) is 4.55. The number of benzene rings is 2. The van der Waals surface area contributed by atoms with Gasteiger partial charge in [0, 0.05) is 11.1 Å². The number of ether oxygens (including phenoxy) is 1. The average Bonchev–Trinajstić information content (AvgIpc) is 3.44. The largest absolute Gasteiger partial charge is 0.504 e. The normalized spacial score (nSPS) is 11.4. The maximum atomic E-state index is 12.9. The molecule has 0 unspecified atom stereocenters. The third-order valence-corrected chi connectivity index (χ3v) is 4.55. The van der Waals surface area contributed by atoms with Crippen LogP contribution in [0, 0.1) is 0 Å². The van der Waals surface area contributed by atoms with Crippen LogP contribution in [0.5, 0.6) is 11.5 Å². The second-order valence-electron chi connectivity index (χ2n) is 6.56. The third kappa shape index (κ3) is 3.84. The molecule has 4 N–H and O–H groups in total. The molecule has 0 spiro atoms. The highest BCUT2D eigenvalue weighted by Crippen LogP contribution is 2.27. The summed E-state index contributed by atoms with van der Waals surface area (Å²) in [5.74, 6) is -0.217. The number of hydrogen-bond acceptors (Lipinski definition) is 10. The van der Waals surface area contributed by atoms with Crippen molar-refractivity contribution in [3.63, 3.8) is 0 Å². The number of anilines is 1. The number of aromatic hydroxyl groups is 1. The lowest BCUT2D eigenvalue weighted by atomic mass is 10.1. The molecule has 0 aliphatic heterocycles. The van der Waals surface area contributed by atoms with Gasteiger partial charge in [-0.2, -0.15) is 9.78 Å². The Morgan fingerprint density at radius 2 is 2.00 bits per heavy atom. The van der Waals surface area contributed by atoms with Crippen LogP contribution in [0.2, 0.25) is 0 Å². The van der Waals surface area contributed by atoms with Gasteiger partial charge in [0.1, 0.15) is 5.69 Å². The molecule has 0 saturated carbocycles. The summed E-state index contributed by atoms with van der Waals surface area (Å²) in [6.45, 7) is 1.70. The minimum absolute atomic E-state index is 0.00109. The molecule has 4 rings (SSSR count). The zero-order chi connectivity index (χ0) is 22.7. The summed E-state index contributed by atoms with van der Waals surface area (Å²) in [6, 6.07) is 13.7. The first-order chi connectivity index (χ1) is 15.5. The van der Waals surface area contributed by atoms with E-state index in [1.54, 1.807) is 43.3 Å². The highest BCUT2D eigenvalue weighted by Gasteiger charge is 2.25. The van der Waals surface area contributed by atoms with E-state index in [0.717, 1.165) is 0 Å².